The zero-order valence-electron chi connectivity index (χ0n) is 32.9. The molecule has 300 valence electrons. The molecule has 0 amide bonds. The van der Waals surface area contributed by atoms with E-state index in [2.05, 4.69) is 66.8 Å². The maximum absolute atomic E-state index is 8.66. The highest BCUT2D eigenvalue weighted by Gasteiger charge is 2.17. The minimum Gasteiger partial charge on any atom is -0.423 e. The molecule has 4 aromatic rings. The van der Waals surface area contributed by atoms with E-state index in [1.54, 1.807) is 12.3 Å². The standard InChI is InChI=1S/2C11H16N2.C11H14N2.C6H11BO2.C5H5IN2/c3*12-11-7-6-10(8-13-11)9-4-2-1-3-5-9;8-7(9)6-4-2-1-3-5-6;6-4-1-2-5(7)8-3-4/h2*6-9H,1-5H2,(H2,12,13);4,6-8H,1-3,5H2,(H2,12,13);4,8-9H,1-3,5H2;1-3H,(H2,7,8). The molecule has 4 aromatic heterocycles. The van der Waals surface area contributed by atoms with Crippen LogP contribution in [0.4, 0.5) is 23.3 Å². The van der Waals surface area contributed by atoms with Gasteiger partial charge >= 0.3 is 7.12 Å². The Bertz CT molecular complexity index is 1640. The molecule has 0 aliphatic heterocycles. The van der Waals surface area contributed by atoms with E-state index in [0.717, 1.165) is 40.1 Å². The van der Waals surface area contributed by atoms with Crippen LogP contribution < -0.4 is 22.9 Å². The van der Waals surface area contributed by atoms with Gasteiger partial charge in [0.15, 0.2) is 0 Å². The summed E-state index contributed by atoms with van der Waals surface area (Å²) in [4.78, 5) is 16.2. The number of nitrogen functional groups attached to an aromatic ring is 4. The quantitative estimate of drug-likeness (QED) is 0.0849. The summed E-state index contributed by atoms with van der Waals surface area (Å²) in [5, 5.41) is 17.3. The number of hydrogen-bond donors (Lipinski definition) is 6. The second-order valence-electron chi connectivity index (χ2n) is 14.9. The van der Waals surface area contributed by atoms with Gasteiger partial charge in [-0.15, -0.1) is 0 Å². The summed E-state index contributed by atoms with van der Waals surface area (Å²) in [5.74, 6) is 3.90. The molecule has 2 saturated carbocycles. The van der Waals surface area contributed by atoms with E-state index >= 15 is 0 Å². The molecule has 0 aromatic carbocycles. The summed E-state index contributed by atoms with van der Waals surface area (Å²) >= 11 is 2.18. The average molecular weight is 873 g/mol. The molecule has 2 fully saturated rings. The van der Waals surface area contributed by atoms with Gasteiger partial charge < -0.3 is 33.0 Å². The van der Waals surface area contributed by atoms with E-state index in [0.29, 0.717) is 23.3 Å². The van der Waals surface area contributed by atoms with Gasteiger partial charge in [0.05, 0.1) is 0 Å². The van der Waals surface area contributed by atoms with Crippen LogP contribution in [0.15, 0.2) is 90.9 Å². The molecule has 0 bridgehead atoms. The Morgan fingerprint density at radius 2 is 0.964 bits per heavy atom. The number of nitrogens with two attached hydrogens (primary N) is 4. The molecule has 10 nitrogen and oxygen atoms in total. The van der Waals surface area contributed by atoms with Crippen molar-refractivity contribution in [1.82, 2.24) is 19.9 Å². The van der Waals surface area contributed by atoms with Crippen LogP contribution >= 0.6 is 22.6 Å². The summed E-state index contributed by atoms with van der Waals surface area (Å²) in [7, 11) is -1.20. The number of hydrogen-bond acceptors (Lipinski definition) is 10. The Kier molecular flexibility index (Phi) is 20.2. The first-order chi connectivity index (χ1) is 27.2. The van der Waals surface area contributed by atoms with Crippen molar-refractivity contribution in [2.45, 2.75) is 127 Å². The fraction of sp³-hybridized carbons (Fsp3) is 0.455. The van der Waals surface area contributed by atoms with Crippen LogP contribution in [-0.4, -0.2) is 37.1 Å². The largest absolute Gasteiger partial charge is 0.483 e. The molecular formula is C44H62BIN8O2. The summed E-state index contributed by atoms with van der Waals surface area (Å²) < 4.78 is 1.11. The van der Waals surface area contributed by atoms with Crippen LogP contribution in [0.1, 0.15) is 144 Å². The number of halogens is 1. The highest BCUT2D eigenvalue weighted by molar-refractivity contribution is 14.1. The average Bonchev–Trinajstić information content (AvgIpc) is 3.25. The third kappa shape index (κ3) is 17.0. The predicted molar refractivity (Wildman–Crippen MR) is 242 cm³/mol. The number of rotatable bonds is 4. The molecule has 0 radical (unpaired) electrons. The minimum atomic E-state index is -1.20. The van der Waals surface area contributed by atoms with Crippen molar-refractivity contribution in [1.29, 1.82) is 0 Å². The molecule has 8 rings (SSSR count). The first kappa shape index (κ1) is 44.7. The Labute approximate surface area is 348 Å². The molecule has 56 heavy (non-hydrogen) atoms. The van der Waals surface area contributed by atoms with Crippen molar-refractivity contribution in [3.05, 3.63) is 111 Å². The maximum atomic E-state index is 8.66. The lowest BCUT2D eigenvalue weighted by molar-refractivity contribution is 0.414. The van der Waals surface area contributed by atoms with Crippen LogP contribution in [0.25, 0.3) is 5.57 Å². The van der Waals surface area contributed by atoms with E-state index in [4.69, 9.17) is 33.0 Å². The van der Waals surface area contributed by atoms with Crippen molar-refractivity contribution in [2.75, 3.05) is 22.9 Å². The fourth-order valence-corrected chi connectivity index (χ4v) is 7.69. The first-order valence-corrected chi connectivity index (χ1v) is 21.5. The van der Waals surface area contributed by atoms with E-state index in [-0.39, 0.29) is 0 Å². The lowest BCUT2D eigenvalue weighted by atomic mass is 9.74. The lowest BCUT2D eigenvalue weighted by Crippen LogP contribution is -2.16. The Hall–Kier alpha value is -4.01. The third-order valence-corrected chi connectivity index (χ3v) is 11.3. The maximum Gasteiger partial charge on any atom is 0.483 e. The number of nitrogens with zero attached hydrogens (tertiary/aromatic N) is 4. The van der Waals surface area contributed by atoms with Gasteiger partial charge in [-0.1, -0.05) is 62.8 Å². The van der Waals surface area contributed by atoms with Crippen molar-refractivity contribution >= 4 is 58.6 Å². The Morgan fingerprint density at radius 1 is 0.500 bits per heavy atom. The van der Waals surface area contributed by atoms with E-state index in [1.807, 2.05) is 48.9 Å². The highest BCUT2D eigenvalue weighted by Crippen LogP contribution is 2.33. The normalized spacial score (nSPS) is 17.0. The van der Waals surface area contributed by atoms with Gasteiger partial charge in [-0.3, -0.25) is 0 Å². The molecular weight excluding hydrogens is 810 g/mol. The van der Waals surface area contributed by atoms with Gasteiger partial charge in [0.2, 0.25) is 0 Å². The van der Waals surface area contributed by atoms with Crippen molar-refractivity contribution < 1.29 is 10.0 Å². The zero-order chi connectivity index (χ0) is 40.0. The lowest BCUT2D eigenvalue weighted by Gasteiger charge is -2.21. The fourth-order valence-electron chi connectivity index (χ4n) is 7.37. The predicted octanol–water partition coefficient (Wildman–Crippen LogP) is 9.81. The van der Waals surface area contributed by atoms with Gasteiger partial charge in [-0.25, -0.2) is 19.9 Å². The topological polar surface area (TPSA) is 196 Å². The SMILES string of the molecule is Nc1ccc(C2=CCCCC2)cn1.Nc1ccc(C2CCCCC2)cn1.Nc1ccc(C2CCCCC2)cn1.Nc1ccc(I)cn1.OB(O)C1=CCCCC1. The summed E-state index contributed by atoms with van der Waals surface area (Å²) in [6.07, 6.45) is 34.5. The van der Waals surface area contributed by atoms with Crippen LogP contribution in [0, 0.1) is 3.57 Å². The molecule has 4 aliphatic carbocycles. The second-order valence-corrected chi connectivity index (χ2v) is 16.2. The summed E-state index contributed by atoms with van der Waals surface area (Å²) in [5.41, 5.74) is 28.1. The minimum absolute atomic E-state index is 0.574. The van der Waals surface area contributed by atoms with Crippen molar-refractivity contribution in [3.63, 3.8) is 0 Å². The van der Waals surface area contributed by atoms with Gasteiger partial charge in [-0.05, 0) is 176 Å². The van der Waals surface area contributed by atoms with Gasteiger partial charge in [0, 0.05) is 28.4 Å². The van der Waals surface area contributed by atoms with E-state index in [9.17, 15) is 0 Å². The molecule has 10 N–H and O–H groups in total. The zero-order valence-corrected chi connectivity index (χ0v) is 35.1. The highest BCUT2D eigenvalue weighted by atomic mass is 127. The number of anilines is 4. The smallest absolute Gasteiger partial charge is 0.423 e. The molecule has 4 aliphatic rings. The van der Waals surface area contributed by atoms with E-state index < -0.39 is 7.12 Å². The van der Waals surface area contributed by atoms with Crippen LogP contribution in [-0.2, 0) is 0 Å². The Balaban J connectivity index is 0.000000158. The molecule has 0 atom stereocenters. The molecule has 0 saturated heterocycles. The van der Waals surface area contributed by atoms with Gasteiger partial charge in [0.1, 0.15) is 23.3 Å². The van der Waals surface area contributed by atoms with Crippen LogP contribution in [0.5, 0.6) is 0 Å². The molecule has 0 unspecified atom stereocenters. The van der Waals surface area contributed by atoms with Gasteiger partial charge in [-0.2, -0.15) is 0 Å². The second kappa shape index (κ2) is 25.3. The van der Waals surface area contributed by atoms with Crippen molar-refractivity contribution in [2.24, 2.45) is 0 Å². The van der Waals surface area contributed by atoms with Crippen LogP contribution in [0.3, 0.4) is 0 Å². The summed E-state index contributed by atoms with van der Waals surface area (Å²) in [6.45, 7) is 0. The Morgan fingerprint density at radius 3 is 1.30 bits per heavy atom. The molecule has 0 spiro atoms. The number of allylic oxidation sites excluding steroid dienone is 4. The number of pyridine rings is 4. The van der Waals surface area contributed by atoms with Crippen LogP contribution in [0.2, 0.25) is 0 Å². The molecule has 12 heteroatoms. The van der Waals surface area contributed by atoms with E-state index in [1.165, 1.54) is 119 Å². The molecule has 4 heterocycles. The van der Waals surface area contributed by atoms with Gasteiger partial charge in [0.25, 0.3) is 0 Å². The third-order valence-electron chi connectivity index (χ3n) is 10.6. The van der Waals surface area contributed by atoms with Crippen molar-refractivity contribution in [3.8, 4) is 0 Å². The summed E-state index contributed by atoms with van der Waals surface area (Å²) in [6, 6.07) is 15.7. The monoisotopic (exact) mass is 872 g/mol. The first-order valence-electron chi connectivity index (χ1n) is 20.4. The number of aromatic nitrogens is 4.